The second kappa shape index (κ2) is 7.79. The first-order valence-electron chi connectivity index (χ1n) is 8.17. The molecule has 4 aromatic rings. The third-order valence-corrected chi connectivity index (χ3v) is 6.26. The number of fused-ring (bicyclic) bond motifs is 1. The van der Waals surface area contributed by atoms with Crippen molar-refractivity contribution in [2.24, 2.45) is 0 Å². The minimum Gasteiger partial charge on any atom is -0.497 e. The maximum absolute atomic E-state index is 13.4. The molecule has 142 valence electrons. The highest BCUT2D eigenvalue weighted by Gasteiger charge is 2.18. The predicted octanol–water partition coefficient (Wildman–Crippen LogP) is 5.52. The monoisotopic (exact) mass is 493 g/mol. The third kappa shape index (κ3) is 3.30. The molecule has 0 saturated carbocycles. The molecular formula is C19H13BrClN3O2S2. The zero-order chi connectivity index (χ0) is 19.8. The maximum atomic E-state index is 13.4. The van der Waals surface area contributed by atoms with Gasteiger partial charge in [0.1, 0.15) is 16.3 Å². The van der Waals surface area contributed by atoms with E-state index < -0.39 is 0 Å². The number of ether oxygens (including phenoxy) is 1. The molecule has 0 N–H and O–H groups in total. The molecule has 0 aliphatic heterocycles. The highest BCUT2D eigenvalue weighted by molar-refractivity contribution is 9.08. The average Bonchev–Trinajstić information content (AvgIpc) is 3.04. The van der Waals surface area contributed by atoms with E-state index in [2.05, 4.69) is 15.9 Å². The summed E-state index contributed by atoms with van der Waals surface area (Å²) in [5, 5.41) is 0.984. The smallest absolute Gasteiger partial charge is 0.277 e. The van der Waals surface area contributed by atoms with E-state index in [4.69, 9.17) is 33.5 Å². The van der Waals surface area contributed by atoms with Crippen LogP contribution in [-0.4, -0.2) is 21.2 Å². The van der Waals surface area contributed by atoms with Crippen LogP contribution in [0.15, 0.2) is 53.3 Å². The SMILES string of the molecule is COc1cccc(-n2c(CBr)nc3c(sc(=S)n3-c3cccc(Cl)c3)c2=O)c1. The zero-order valence-corrected chi connectivity index (χ0v) is 18.5. The molecule has 0 amide bonds. The fourth-order valence-corrected chi connectivity index (χ4v) is 4.81. The molecular weight excluding hydrogens is 482 g/mol. The molecule has 0 radical (unpaired) electrons. The van der Waals surface area contributed by atoms with Crippen molar-refractivity contribution in [3.8, 4) is 17.1 Å². The Morgan fingerprint density at radius 3 is 2.57 bits per heavy atom. The molecule has 28 heavy (non-hydrogen) atoms. The first kappa shape index (κ1) is 19.3. The van der Waals surface area contributed by atoms with Crippen LogP contribution in [0.25, 0.3) is 21.7 Å². The maximum Gasteiger partial charge on any atom is 0.277 e. The van der Waals surface area contributed by atoms with Crippen LogP contribution < -0.4 is 10.3 Å². The number of benzene rings is 2. The highest BCUT2D eigenvalue weighted by Crippen LogP contribution is 2.26. The number of rotatable bonds is 4. The van der Waals surface area contributed by atoms with Crippen molar-refractivity contribution in [3.05, 3.63) is 73.7 Å². The molecule has 9 heteroatoms. The van der Waals surface area contributed by atoms with Crippen LogP contribution in [0.1, 0.15) is 5.82 Å². The van der Waals surface area contributed by atoms with Gasteiger partial charge in [0.05, 0.1) is 23.8 Å². The zero-order valence-electron chi connectivity index (χ0n) is 14.6. The molecule has 0 aliphatic carbocycles. The highest BCUT2D eigenvalue weighted by atomic mass is 79.9. The van der Waals surface area contributed by atoms with Gasteiger partial charge in [0, 0.05) is 11.1 Å². The second-order valence-corrected chi connectivity index (χ2v) is 8.48. The number of hydrogen-bond acceptors (Lipinski definition) is 5. The van der Waals surface area contributed by atoms with Crippen LogP contribution in [0.4, 0.5) is 0 Å². The van der Waals surface area contributed by atoms with Gasteiger partial charge in [0.2, 0.25) is 0 Å². The van der Waals surface area contributed by atoms with Gasteiger partial charge in [0.25, 0.3) is 5.56 Å². The Morgan fingerprint density at radius 1 is 1.18 bits per heavy atom. The number of thiazole rings is 1. The molecule has 2 heterocycles. The van der Waals surface area contributed by atoms with E-state index in [0.29, 0.717) is 41.9 Å². The second-order valence-electron chi connectivity index (χ2n) is 5.84. The quantitative estimate of drug-likeness (QED) is 0.277. The summed E-state index contributed by atoms with van der Waals surface area (Å²) in [4.78, 5) is 18.1. The van der Waals surface area contributed by atoms with Gasteiger partial charge in [0.15, 0.2) is 9.60 Å². The van der Waals surface area contributed by atoms with E-state index in [-0.39, 0.29) is 5.56 Å². The van der Waals surface area contributed by atoms with Crippen molar-refractivity contribution in [3.63, 3.8) is 0 Å². The summed E-state index contributed by atoms with van der Waals surface area (Å²) in [7, 11) is 1.59. The van der Waals surface area contributed by atoms with Gasteiger partial charge in [-0.3, -0.25) is 13.9 Å². The van der Waals surface area contributed by atoms with Gasteiger partial charge < -0.3 is 4.74 Å². The fraction of sp³-hybridized carbons (Fsp3) is 0.105. The first-order valence-corrected chi connectivity index (χ1v) is 10.9. The van der Waals surface area contributed by atoms with E-state index >= 15 is 0 Å². The minimum absolute atomic E-state index is 0.176. The summed E-state index contributed by atoms with van der Waals surface area (Å²) in [5.74, 6) is 1.23. The molecule has 0 aliphatic rings. The number of hydrogen-bond donors (Lipinski definition) is 0. The van der Waals surface area contributed by atoms with E-state index in [1.54, 1.807) is 34.4 Å². The number of methoxy groups -OCH3 is 1. The summed E-state index contributed by atoms with van der Waals surface area (Å²) in [6, 6.07) is 14.6. The number of aromatic nitrogens is 3. The van der Waals surface area contributed by atoms with Crippen molar-refractivity contribution in [1.29, 1.82) is 0 Å². The average molecular weight is 495 g/mol. The topological polar surface area (TPSA) is 49.0 Å². The van der Waals surface area contributed by atoms with Crippen LogP contribution >= 0.6 is 51.1 Å². The predicted molar refractivity (Wildman–Crippen MR) is 120 cm³/mol. The largest absolute Gasteiger partial charge is 0.497 e. The van der Waals surface area contributed by atoms with Gasteiger partial charge in [-0.2, -0.15) is 0 Å². The van der Waals surface area contributed by atoms with Crippen LogP contribution in [0, 0.1) is 3.95 Å². The Balaban J connectivity index is 2.05. The lowest BCUT2D eigenvalue weighted by molar-refractivity contribution is 0.414. The van der Waals surface area contributed by atoms with Gasteiger partial charge >= 0.3 is 0 Å². The molecule has 0 unspecified atom stereocenters. The Morgan fingerprint density at radius 2 is 1.89 bits per heavy atom. The molecule has 0 saturated heterocycles. The summed E-state index contributed by atoms with van der Waals surface area (Å²) >= 11 is 16.4. The third-order valence-electron chi connectivity index (χ3n) is 4.17. The summed E-state index contributed by atoms with van der Waals surface area (Å²) in [5.41, 5.74) is 1.80. The molecule has 0 atom stereocenters. The van der Waals surface area contributed by atoms with Gasteiger partial charge in [-0.15, -0.1) is 0 Å². The molecule has 0 spiro atoms. The molecule has 0 fully saturated rings. The van der Waals surface area contributed by atoms with Gasteiger partial charge in [-0.1, -0.05) is 51.0 Å². The molecule has 0 bridgehead atoms. The van der Waals surface area contributed by atoms with Crippen molar-refractivity contribution < 1.29 is 4.74 Å². The molecule has 2 aromatic heterocycles. The van der Waals surface area contributed by atoms with E-state index in [1.165, 1.54) is 11.3 Å². The lowest BCUT2D eigenvalue weighted by Crippen LogP contribution is -2.23. The lowest BCUT2D eigenvalue weighted by Gasteiger charge is -2.12. The lowest BCUT2D eigenvalue weighted by atomic mass is 10.3. The van der Waals surface area contributed by atoms with Crippen molar-refractivity contribution in [2.45, 2.75) is 5.33 Å². The standard InChI is InChI=1S/C19H13BrClN3O2S2/c1-26-14-7-3-6-13(9-14)23-15(10-20)22-17-16(18(23)25)28-19(27)24(17)12-5-2-4-11(21)8-12/h2-9H,10H2,1H3. The van der Waals surface area contributed by atoms with Crippen LogP contribution in [0.5, 0.6) is 5.75 Å². The van der Waals surface area contributed by atoms with Crippen molar-refractivity contribution in [1.82, 2.24) is 14.1 Å². The summed E-state index contributed by atoms with van der Waals surface area (Å²) < 4.78 is 9.67. The van der Waals surface area contributed by atoms with Crippen LogP contribution in [-0.2, 0) is 5.33 Å². The normalized spacial score (nSPS) is 11.1. The molecule has 5 nitrogen and oxygen atoms in total. The van der Waals surface area contributed by atoms with Crippen molar-refractivity contribution in [2.75, 3.05) is 7.11 Å². The van der Waals surface area contributed by atoms with Gasteiger partial charge in [-0.25, -0.2) is 4.98 Å². The Kier molecular flexibility index (Phi) is 5.37. The fourth-order valence-electron chi connectivity index (χ4n) is 2.95. The Bertz CT molecular complexity index is 1310. The Labute approximate surface area is 182 Å². The molecule has 2 aromatic carbocycles. The molecule has 4 rings (SSSR count). The van der Waals surface area contributed by atoms with Crippen molar-refractivity contribution >= 4 is 61.4 Å². The Hall–Kier alpha value is -2.00. The van der Waals surface area contributed by atoms with E-state index in [0.717, 1.165) is 5.69 Å². The van der Waals surface area contributed by atoms with Gasteiger partial charge in [-0.05, 0) is 42.5 Å². The number of alkyl halides is 1. The van der Waals surface area contributed by atoms with E-state index in [9.17, 15) is 4.79 Å². The number of nitrogens with zero attached hydrogens (tertiary/aromatic N) is 3. The summed E-state index contributed by atoms with van der Waals surface area (Å²) in [6.45, 7) is 0. The first-order chi connectivity index (χ1) is 13.5. The summed E-state index contributed by atoms with van der Waals surface area (Å²) in [6.07, 6.45) is 0. The number of halogens is 2. The van der Waals surface area contributed by atoms with Crippen LogP contribution in [0.2, 0.25) is 5.02 Å². The van der Waals surface area contributed by atoms with E-state index in [1.807, 2.05) is 30.3 Å². The van der Waals surface area contributed by atoms with Crippen LogP contribution in [0.3, 0.4) is 0 Å². The minimum atomic E-state index is -0.176.